The summed E-state index contributed by atoms with van der Waals surface area (Å²) in [6, 6.07) is 13.5. The van der Waals surface area contributed by atoms with Crippen LogP contribution in [0.5, 0.6) is 11.5 Å². The summed E-state index contributed by atoms with van der Waals surface area (Å²) in [5.74, 6) is 1.54. The van der Waals surface area contributed by atoms with Crippen LogP contribution in [0.4, 0.5) is 5.69 Å². The van der Waals surface area contributed by atoms with Gasteiger partial charge in [-0.25, -0.2) is 0 Å². The van der Waals surface area contributed by atoms with Crippen molar-refractivity contribution in [3.8, 4) is 11.5 Å². The number of anilines is 1. The molecule has 0 fully saturated rings. The van der Waals surface area contributed by atoms with E-state index in [0.29, 0.717) is 24.7 Å². The van der Waals surface area contributed by atoms with Gasteiger partial charge in [0.2, 0.25) is 5.91 Å². The fourth-order valence-electron chi connectivity index (χ4n) is 3.27. The third kappa shape index (κ3) is 4.88. The topological polar surface area (TPSA) is 54.0 Å². The Labute approximate surface area is 171 Å². The molecule has 1 atom stereocenters. The molecule has 3 rings (SSSR count). The largest absolute Gasteiger partial charge is 0.497 e. The average molecular weight is 404 g/mol. The first-order valence-electron chi connectivity index (χ1n) is 9.22. The van der Waals surface area contributed by atoms with E-state index in [2.05, 4.69) is 10.2 Å². The first-order chi connectivity index (χ1) is 13.5. The number of ether oxygens (including phenoxy) is 2. The molecule has 1 amide bonds. The summed E-state index contributed by atoms with van der Waals surface area (Å²) < 4.78 is 10.9. The van der Waals surface area contributed by atoms with E-state index in [1.165, 1.54) is 0 Å². The van der Waals surface area contributed by atoms with Crippen LogP contribution in [0.1, 0.15) is 11.6 Å². The number of amides is 1. The smallest absolute Gasteiger partial charge is 0.239 e. The van der Waals surface area contributed by atoms with Crippen molar-refractivity contribution in [1.82, 2.24) is 10.2 Å². The number of rotatable bonds is 7. The number of hydrogen-bond acceptors (Lipinski definition) is 5. The van der Waals surface area contributed by atoms with E-state index < -0.39 is 0 Å². The minimum Gasteiger partial charge on any atom is -0.497 e. The van der Waals surface area contributed by atoms with Crippen LogP contribution < -0.4 is 19.7 Å². The van der Waals surface area contributed by atoms with Crippen LogP contribution in [0.15, 0.2) is 42.5 Å². The standard InChI is InChI=1S/C21H26ClN3O3/c1-24(2)19(15-4-7-17(27-3)8-5-15)13-23-21(26)14-25-10-11-28-20-9-6-16(22)12-18(20)25/h4-9,12,19H,10-11,13-14H2,1-3H3,(H,23,26)/t19-/m0/s1. The van der Waals surface area contributed by atoms with Crippen molar-refractivity contribution in [2.45, 2.75) is 6.04 Å². The fraction of sp³-hybridized carbons (Fsp3) is 0.381. The summed E-state index contributed by atoms with van der Waals surface area (Å²) in [7, 11) is 5.65. The minimum absolute atomic E-state index is 0.0341. The van der Waals surface area contributed by atoms with Gasteiger partial charge in [0, 0.05) is 11.6 Å². The van der Waals surface area contributed by atoms with Crippen LogP contribution in [-0.2, 0) is 4.79 Å². The Bertz CT molecular complexity index is 811. The molecule has 0 radical (unpaired) electrons. The van der Waals surface area contributed by atoms with E-state index >= 15 is 0 Å². The SMILES string of the molecule is COc1ccc([C@H](CNC(=O)CN2CCOc3ccc(Cl)cc32)N(C)C)cc1. The van der Waals surface area contributed by atoms with Crippen molar-refractivity contribution < 1.29 is 14.3 Å². The van der Waals surface area contributed by atoms with E-state index in [-0.39, 0.29) is 18.5 Å². The predicted octanol–water partition coefficient (Wildman–Crippen LogP) is 2.97. The van der Waals surface area contributed by atoms with E-state index in [1.807, 2.05) is 55.4 Å². The molecule has 150 valence electrons. The fourth-order valence-corrected chi connectivity index (χ4v) is 3.44. The summed E-state index contributed by atoms with van der Waals surface area (Å²) in [6.07, 6.45) is 0. The summed E-state index contributed by atoms with van der Waals surface area (Å²) in [4.78, 5) is 16.7. The minimum atomic E-state index is -0.0341. The maximum Gasteiger partial charge on any atom is 0.239 e. The zero-order valence-corrected chi connectivity index (χ0v) is 17.2. The first-order valence-corrected chi connectivity index (χ1v) is 9.60. The highest BCUT2D eigenvalue weighted by molar-refractivity contribution is 6.31. The second-order valence-corrected chi connectivity index (χ2v) is 7.38. The zero-order valence-electron chi connectivity index (χ0n) is 16.4. The Morgan fingerprint density at radius 2 is 2.04 bits per heavy atom. The quantitative estimate of drug-likeness (QED) is 0.770. The summed E-state index contributed by atoms with van der Waals surface area (Å²) in [5.41, 5.74) is 1.97. The van der Waals surface area contributed by atoms with Crippen LogP contribution in [0.2, 0.25) is 5.02 Å². The van der Waals surface area contributed by atoms with Crippen molar-refractivity contribution in [2.75, 3.05) is 52.3 Å². The molecule has 0 aromatic heterocycles. The molecule has 0 aliphatic carbocycles. The number of carbonyl (C=O) groups excluding carboxylic acids is 1. The number of carbonyl (C=O) groups is 1. The van der Waals surface area contributed by atoms with E-state index in [9.17, 15) is 4.79 Å². The molecule has 28 heavy (non-hydrogen) atoms. The number of methoxy groups -OCH3 is 1. The molecule has 0 saturated heterocycles. The van der Waals surface area contributed by atoms with Gasteiger partial charge in [-0.05, 0) is 50.0 Å². The van der Waals surface area contributed by atoms with Crippen LogP contribution in [0, 0.1) is 0 Å². The number of nitrogens with one attached hydrogen (secondary N) is 1. The van der Waals surface area contributed by atoms with Gasteiger partial charge in [-0.15, -0.1) is 0 Å². The first kappa shape index (κ1) is 20.3. The molecule has 1 aliphatic rings. The van der Waals surface area contributed by atoms with Crippen LogP contribution in [0.3, 0.4) is 0 Å². The molecule has 0 spiro atoms. The van der Waals surface area contributed by atoms with Gasteiger partial charge >= 0.3 is 0 Å². The monoisotopic (exact) mass is 403 g/mol. The zero-order chi connectivity index (χ0) is 20.1. The number of fused-ring (bicyclic) bond motifs is 1. The molecule has 0 saturated carbocycles. The highest BCUT2D eigenvalue weighted by atomic mass is 35.5. The third-order valence-corrected chi connectivity index (χ3v) is 5.07. The Balaban J connectivity index is 1.62. The van der Waals surface area contributed by atoms with Gasteiger partial charge < -0.3 is 24.6 Å². The lowest BCUT2D eigenvalue weighted by Gasteiger charge is -2.31. The lowest BCUT2D eigenvalue weighted by molar-refractivity contribution is -0.120. The van der Waals surface area contributed by atoms with E-state index in [4.69, 9.17) is 21.1 Å². The normalized spacial score (nSPS) is 14.2. The van der Waals surface area contributed by atoms with Gasteiger partial charge in [0.1, 0.15) is 18.1 Å². The molecule has 2 aromatic rings. The number of benzene rings is 2. The molecule has 0 bridgehead atoms. The molecule has 1 N–H and O–H groups in total. The summed E-state index contributed by atoms with van der Waals surface area (Å²) in [6.45, 7) is 1.98. The van der Waals surface area contributed by atoms with Gasteiger partial charge in [0.15, 0.2) is 0 Å². The van der Waals surface area contributed by atoms with Crippen LogP contribution in [0.25, 0.3) is 0 Å². The van der Waals surface area contributed by atoms with Crippen molar-refractivity contribution in [2.24, 2.45) is 0 Å². The lowest BCUT2D eigenvalue weighted by atomic mass is 10.1. The highest BCUT2D eigenvalue weighted by Gasteiger charge is 2.22. The maximum absolute atomic E-state index is 12.6. The highest BCUT2D eigenvalue weighted by Crippen LogP contribution is 2.33. The van der Waals surface area contributed by atoms with Crippen molar-refractivity contribution in [3.63, 3.8) is 0 Å². The van der Waals surface area contributed by atoms with Crippen LogP contribution >= 0.6 is 11.6 Å². The van der Waals surface area contributed by atoms with Gasteiger partial charge in [0.05, 0.1) is 31.9 Å². The molecular weight excluding hydrogens is 378 g/mol. The van der Waals surface area contributed by atoms with E-state index in [0.717, 1.165) is 22.7 Å². The molecule has 1 aliphatic heterocycles. The average Bonchev–Trinajstić information content (AvgIpc) is 2.69. The third-order valence-electron chi connectivity index (χ3n) is 4.83. The van der Waals surface area contributed by atoms with Gasteiger partial charge in [-0.3, -0.25) is 4.79 Å². The number of hydrogen-bond donors (Lipinski definition) is 1. The van der Waals surface area contributed by atoms with Gasteiger partial charge in [0.25, 0.3) is 0 Å². The van der Waals surface area contributed by atoms with Crippen molar-refractivity contribution in [1.29, 1.82) is 0 Å². The Morgan fingerprint density at radius 1 is 1.29 bits per heavy atom. The number of nitrogens with zero attached hydrogens (tertiary/aromatic N) is 2. The molecule has 2 aromatic carbocycles. The lowest BCUT2D eigenvalue weighted by Crippen LogP contribution is -2.43. The van der Waals surface area contributed by atoms with Gasteiger partial charge in [-0.2, -0.15) is 0 Å². The number of halogens is 1. The van der Waals surface area contributed by atoms with Crippen molar-refractivity contribution in [3.05, 3.63) is 53.1 Å². The Kier molecular flexibility index (Phi) is 6.65. The summed E-state index contributed by atoms with van der Waals surface area (Å²) in [5, 5.41) is 3.68. The molecule has 1 heterocycles. The second-order valence-electron chi connectivity index (χ2n) is 6.94. The molecule has 6 nitrogen and oxygen atoms in total. The Morgan fingerprint density at radius 3 is 2.71 bits per heavy atom. The second kappa shape index (κ2) is 9.17. The number of likely N-dealkylation sites (N-methyl/N-ethyl adjacent to an activating group) is 1. The van der Waals surface area contributed by atoms with Crippen molar-refractivity contribution >= 4 is 23.2 Å². The van der Waals surface area contributed by atoms with Crippen LogP contribution in [-0.4, -0.2) is 58.3 Å². The van der Waals surface area contributed by atoms with Gasteiger partial charge in [-0.1, -0.05) is 23.7 Å². The molecule has 0 unspecified atom stereocenters. The van der Waals surface area contributed by atoms with E-state index in [1.54, 1.807) is 13.2 Å². The summed E-state index contributed by atoms with van der Waals surface area (Å²) >= 11 is 6.11. The molecular formula is C21H26ClN3O3. The Hall–Kier alpha value is -2.44. The predicted molar refractivity (Wildman–Crippen MR) is 112 cm³/mol. The maximum atomic E-state index is 12.6. The molecule has 7 heteroatoms.